The van der Waals surface area contributed by atoms with Crippen molar-refractivity contribution in [2.45, 2.75) is 51.4 Å². The van der Waals surface area contributed by atoms with Crippen LogP contribution in [0.5, 0.6) is 0 Å². The number of oxazole rings is 1. The number of rotatable bonds is 2. The molecule has 0 unspecified atom stereocenters. The second-order valence-electron chi connectivity index (χ2n) is 4.71. The third-order valence-corrected chi connectivity index (χ3v) is 3.41. The Morgan fingerprint density at radius 3 is 2.53 bits per heavy atom. The zero-order valence-corrected chi connectivity index (χ0v) is 9.38. The van der Waals surface area contributed by atoms with Gasteiger partial charge in [-0.3, -0.25) is 4.79 Å². The monoisotopic (exact) mass is 207 g/mol. The molecule has 82 valence electrons. The van der Waals surface area contributed by atoms with Crippen LogP contribution in [0.4, 0.5) is 0 Å². The van der Waals surface area contributed by atoms with Crippen LogP contribution in [0.1, 0.15) is 61.2 Å². The predicted molar refractivity (Wildman–Crippen MR) is 57.1 cm³/mol. The maximum atomic E-state index is 10.7. The van der Waals surface area contributed by atoms with Crippen LogP contribution in [-0.4, -0.2) is 11.3 Å². The summed E-state index contributed by atoms with van der Waals surface area (Å²) in [6, 6.07) is 0. The Morgan fingerprint density at radius 1 is 1.33 bits per heavy atom. The first-order chi connectivity index (χ1) is 7.15. The molecule has 0 spiro atoms. The number of aldehydes is 1. The number of aryl methyl sites for hydroxylation is 1. The zero-order chi connectivity index (χ0) is 10.9. The molecule has 15 heavy (non-hydrogen) atoms. The van der Waals surface area contributed by atoms with Gasteiger partial charge in [0, 0.05) is 5.41 Å². The van der Waals surface area contributed by atoms with Crippen LogP contribution in [-0.2, 0) is 5.41 Å². The van der Waals surface area contributed by atoms with Gasteiger partial charge in [0.05, 0.1) is 5.69 Å². The zero-order valence-electron chi connectivity index (χ0n) is 9.38. The lowest BCUT2D eigenvalue weighted by atomic mass is 9.76. The van der Waals surface area contributed by atoms with Crippen LogP contribution in [0.25, 0.3) is 0 Å². The Morgan fingerprint density at radius 2 is 2.00 bits per heavy atom. The number of aromatic nitrogens is 1. The van der Waals surface area contributed by atoms with Gasteiger partial charge < -0.3 is 4.42 Å². The van der Waals surface area contributed by atoms with Gasteiger partial charge in [-0.05, 0) is 19.8 Å². The fourth-order valence-corrected chi connectivity index (χ4v) is 2.32. The highest BCUT2D eigenvalue weighted by Gasteiger charge is 2.34. The normalized spacial score (nSPS) is 20.1. The van der Waals surface area contributed by atoms with E-state index in [1.807, 2.05) is 6.92 Å². The minimum atomic E-state index is 0.0459. The molecule has 1 fully saturated rings. The molecular weight excluding hydrogens is 190 g/mol. The van der Waals surface area contributed by atoms with Gasteiger partial charge in [0.2, 0.25) is 5.89 Å². The highest BCUT2D eigenvalue weighted by Crippen LogP contribution is 2.38. The van der Waals surface area contributed by atoms with E-state index in [-0.39, 0.29) is 5.41 Å². The summed E-state index contributed by atoms with van der Waals surface area (Å²) in [7, 11) is 0. The third kappa shape index (κ3) is 1.83. The molecule has 1 heterocycles. The maximum Gasteiger partial charge on any atom is 0.201 e. The van der Waals surface area contributed by atoms with Crippen molar-refractivity contribution in [1.29, 1.82) is 0 Å². The minimum absolute atomic E-state index is 0.0459. The second kappa shape index (κ2) is 3.80. The first-order valence-corrected chi connectivity index (χ1v) is 5.59. The summed E-state index contributed by atoms with van der Waals surface area (Å²) in [5, 5.41) is 0. The molecule has 1 aromatic rings. The molecule has 1 aliphatic rings. The molecule has 1 saturated carbocycles. The lowest BCUT2D eigenvalue weighted by Crippen LogP contribution is -2.25. The van der Waals surface area contributed by atoms with E-state index >= 15 is 0 Å². The molecule has 0 radical (unpaired) electrons. The average Bonchev–Trinajstić information content (AvgIpc) is 2.61. The number of hydrogen-bond acceptors (Lipinski definition) is 3. The molecule has 0 atom stereocenters. The first kappa shape index (κ1) is 10.4. The Bertz CT molecular complexity index is 362. The molecule has 1 aliphatic carbocycles. The summed E-state index contributed by atoms with van der Waals surface area (Å²) < 4.78 is 5.53. The Kier molecular flexibility index (Phi) is 2.63. The molecule has 0 amide bonds. The van der Waals surface area contributed by atoms with Crippen LogP contribution < -0.4 is 0 Å². The van der Waals surface area contributed by atoms with Crippen LogP contribution in [0.2, 0.25) is 0 Å². The molecule has 0 saturated heterocycles. The predicted octanol–water partition coefficient (Wildman–Crippen LogP) is 3.02. The summed E-state index contributed by atoms with van der Waals surface area (Å²) in [5.41, 5.74) is 0.761. The SMILES string of the molecule is Cc1nc(C2(C)CCCCC2)oc1C=O. The van der Waals surface area contributed by atoms with Gasteiger partial charge in [-0.15, -0.1) is 0 Å². The Balaban J connectivity index is 2.30. The summed E-state index contributed by atoms with van der Waals surface area (Å²) in [6.45, 7) is 4.01. The van der Waals surface area contributed by atoms with Crippen LogP contribution in [0.15, 0.2) is 4.42 Å². The van der Waals surface area contributed by atoms with E-state index in [9.17, 15) is 4.79 Å². The van der Waals surface area contributed by atoms with Gasteiger partial charge in [-0.25, -0.2) is 4.98 Å². The van der Waals surface area contributed by atoms with Gasteiger partial charge >= 0.3 is 0 Å². The topological polar surface area (TPSA) is 43.1 Å². The largest absolute Gasteiger partial charge is 0.437 e. The van der Waals surface area contributed by atoms with Gasteiger partial charge in [0.15, 0.2) is 12.0 Å². The van der Waals surface area contributed by atoms with Crippen molar-refractivity contribution in [2.75, 3.05) is 0 Å². The Labute approximate surface area is 89.9 Å². The van der Waals surface area contributed by atoms with E-state index in [0.29, 0.717) is 11.5 Å². The van der Waals surface area contributed by atoms with Gasteiger partial charge in [0.25, 0.3) is 0 Å². The number of nitrogens with zero attached hydrogens (tertiary/aromatic N) is 1. The lowest BCUT2D eigenvalue weighted by molar-refractivity contribution is 0.109. The van der Waals surface area contributed by atoms with E-state index < -0.39 is 0 Å². The van der Waals surface area contributed by atoms with Crippen molar-refractivity contribution >= 4 is 6.29 Å². The van der Waals surface area contributed by atoms with Crippen molar-refractivity contribution < 1.29 is 9.21 Å². The maximum absolute atomic E-state index is 10.7. The van der Waals surface area contributed by atoms with Gasteiger partial charge in [0.1, 0.15) is 0 Å². The van der Waals surface area contributed by atoms with E-state index in [0.717, 1.165) is 25.0 Å². The van der Waals surface area contributed by atoms with E-state index in [4.69, 9.17) is 4.42 Å². The van der Waals surface area contributed by atoms with Crippen molar-refractivity contribution in [1.82, 2.24) is 4.98 Å². The molecule has 0 bridgehead atoms. The van der Waals surface area contributed by atoms with Gasteiger partial charge in [-0.2, -0.15) is 0 Å². The molecule has 2 rings (SSSR count). The summed E-state index contributed by atoms with van der Waals surface area (Å²) >= 11 is 0. The highest BCUT2D eigenvalue weighted by molar-refractivity contribution is 5.71. The number of carbonyl (C=O) groups excluding carboxylic acids is 1. The molecule has 3 nitrogen and oxygen atoms in total. The summed E-state index contributed by atoms with van der Waals surface area (Å²) in [4.78, 5) is 15.1. The van der Waals surface area contributed by atoms with Crippen LogP contribution in [0, 0.1) is 6.92 Å². The van der Waals surface area contributed by atoms with Crippen LogP contribution in [0.3, 0.4) is 0 Å². The summed E-state index contributed by atoms with van der Waals surface area (Å²) in [5.74, 6) is 1.14. The van der Waals surface area contributed by atoms with Crippen LogP contribution >= 0.6 is 0 Å². The fourth-order valence-electron chi connectivity index (χ4n) is 2.32. The standard InChI is InChI=1S/C12H17NO2/c1-9-10(8-14)15-11(13-9)12(2)6-4-3-5-7-12/h8H,3-7H2,1-2H3. The molecular formula is C12H17NO2. The Hall–Kier alpha value is -1.12. The first-order valence-electron chi connectivity index (χ1n) is 5.59. The van der Waals surface area contributed by atoms with Crippen molar-refractivity contribution in [3.8, 4) is 0 Å². The van der Waals surface area contributed by atoms with Crippen molar-refractivity contribution in [3.63, 3.8) is 0 Å². The smallest absolute Gasteiger partial charge is 0.201 e. The van der Waals surface area contributed by atoms with Crippen molar-refractivity contribution in [2.24, 2.45) is 0 Å². The molecule has 0 N–H and O–H groups in total. The molecule has 0 aromatic carbocycles. The second-order valence-corrected chi connectivity index (χ2v) is 4.71. The third-order valence-electron chi connectivity index (χ3n) is 3.41. The van der Waals surface area contributed by atoms with E-state index in [1.165, 1.54) is 19.3 Å². The lowest BCUT2D eigenvalue weighted by Gasteiger charge is -2.30. The van der Waals surface area contributed by atoms with E-state index in [1.54, 1.807) is 0 Å². The van der Waals surface area contributed by atoms with Crippen molar-refractivity contribution in [3.05, 3.63) is 17.3 Å². The quantitative estimate of drug-likeness (QED) is 0.700. The van der Waals surface area contributed by atoms with E-state index in [2.05, 4.69) is 11.9 Å². The average molecular weight is 207 g/mol. The fraction of sp³-hybridized carbons (Fsp3) is 0.667. The molecule has 1 aromatic heterocycles. The number of hydrogen-bond donors (Lipinski definition) is 0. The molecule has 0 aliphatic heterocycles. The highest BCUT2D eigenvalue weighted by atomic mass is 16.4. The summed E-state index contributed by atoms with van der Waals surface area (Å²) in [6.07, 6.45) is 6.74. The number of carbonyl (C=O) groups is 1. The minimum Gasteiger partial charge on any atom is -0.437 e. The molecule has 3 heteroatoms. The van der Waals surface area contributed by atoms with Gasteiger partial charge in [-0.1, -0.05) is 26.2 Å².